The first-order chi connectivity index (χ1) is 9.02. The number of nitrogens with one attached hydrogen (secondary N) is 2. The first kappa shape index (κ1) is 13.1. The van der Waals surface area contributed by atoms with Gasteiger partial charge in [0.1, 0.15) is 5.82 Å². The standard InChI is InChI=1S/C15H17N3O/c1-10-4-5-16-14(9-10)18-15(19)17-13-7-11(2)6-12(3)8-13/h4-9H,1-3H3,(H2,16,17,18,19). The van der Waals surface area contributed by atoms with Gasteiger partial charge in [0, 0.05) is 11.9 Å². The Bertz CT molecular complexity index is 588. The van der Waals surface area contributed by atoms with Gasteiger partial charge in [-0.25, -0.2) is 9.78 Å². The van der Waals surface area contributed by atoms with E-state index in [0.29, 0.717) is 5.82 Å². The minimum Gasteiger partial charge on any atom is -0.308 e. The number of hydrogen-bond donors (Lipinski definition) is 2. The summed E-state index contributed by atoms with van der Waals surface area (Å²) < 4.78 is 0. The predicted octanol–water partition coefficient (Wildman–Crippen LogP) is 3.65. The number of aromatic nitrogens is 1. The van der Waals surface area contributed by atoms with E-state index < -0.39 is 0 Å². The van der Waals surface area contributed by atoms with E-state index in [1.165, 1.54) is 0 Å². The van der Waals surface area contributed by atoms with E-state index in [4.69, 9.17) is 0 Å². The van der Waals surface area contributed by atoms with Crippen LogP contribution in [-0.4, -0.2) is 11.0 Å². The SMILES string of the molecule is Cc1cc(C)cc(NC(=O)Nc2cc(C)ccn2)c1. The average molecular weight is 255 g/mol. The molecule has 2 amide bonds. The van der Waals surface area contributed by atoms with Crippen LogP contribution in [-0.2, 0) is 0 Å². The summed E-state index contributed by atoms with van der Waals surface area (Å²) in [6.45, 7) is 5.95. The third kappa shape index (κ3) is 3.81. The van der Waals surface area contributed by atoms with Crippen LogP contribution in [0.5, 0.6) is 0 Å². The fourth-order valence-electron chi connectivity index (χ4n) is 1.93. The minimum atomic E-state index is -0.289. The summed E-state index contributed by atoms with van der Waals surface area (Å²) in [5, 5.41) is 5.51. The van der Waals surface area contributed by atoms with Gasteiger partial charge in [0.05, 0.1) is 0 Å². The van der Waals surface area contributed by atoms with Crippen molar-refractivity contribution < 1.29 is 4.79 Å². The number of nitrogens with zero attached hydrogens (tertiary/aromatic N) is 1. The molecule has 0 spiro atoms. The van der Waals surface area contributed by atoms with Crippen molar-refractivity contribution in [3.63, 3.8) is 0 Å². The van der Waals surface area contributed by atoms with E-state index in [9.17, 15) is 4.79 Å². The van der Waals surface area contributed by atoms with Crippen molar-refractivity contribution in [2.24, 2.45) is 0 Å². The first-order valence-electron chi connectivity index (χ1n) is 6.12. The molecule has 0 unspecified atom stereocenters. The Morgan fingerprint density at radius 3 is 2.26 bits per heavy atom. The Kier molecular flexibility index (Phi) is 3.80. The predicted molar refractivity (Wildman–Crippen MR) is 77.5 cm³/mol. The van der Waals surface area contributed by atoms with Gasteiger partial charge in [-0.15, -0.1) is 0 Å². The smallest absolute Gasteiger partial charge is 0.308 e. The maximum atomic E-state index is 11.9. The van der Waals surface area contributed by atoms with E-state index in [1.54, 1.807) is 6.20 Å². The second-order valence-corrected chi connectivity index (χ2v) is 4.67. The molecule has 2 N–H and O–H groups in total. The molecule has 2 aromatic rings. The number of carbonyl (C=O) groups is 1. The molecule has 1 aromatic heterocycles. The monoisotopic (exact) mass is 255 g/mol. The number of benzene rings is 1. The van der Waals surface area contributed by atoms with Gasteiger partial charge in [0.15, 0.2) is 0 Å². The van der Waals surface area contributed by atoms with Gasteiger partial charge in [-0.05, 0) is 61.7 Å². The molecule has 0 bridgehead atoms. The molecule has 19 heavy (non-hydrogen) atoms. The highest BCUT2D eigenvalue weighted by Gasteiger charge is 2.04. The maximum absolute atomic E-state index is 11.9. The molecule has 0 aliphatic heterocycles. The zero-order valence-electron chi connectivity index (χ0n) is 11.3. The number of hydrogen-bond acceptors (Lipinski definition) is 2. The number of aryl methyl sites for hydroxylation is 3. The molecular formula is C15H17N3O. The van der Waals surface area contributed by atoms with Crippen molar-refractivity contribution in [3.8, 4) is 0 Å². The quantitative estimate of drug-likeness (QED) is 0.860. The fraction of sp³-hybridized carbons (Fsp3) is 0.200. The highest BCUT2D eigenvalue weighted by atomic mass is 16.2. The largest absolute Gasteiger partial charge is 0.324 e. The summed E-state index contributed by atoms with van der Waals surface area (Å²) >= 11 is 0. The second-order valence-electron chi connectivity index (χ2n) is 4.67. The molecule has 2 rings (SSSR count). The van der Waals surface area contributed by atoms with Crippen molar-refractivity contribution in [3.05, 3.63) is 53.2 Å². The lowest BCUT2D eigenvalue weighted by atomic mass is 10.1. The van der Waals surface area contributed by atoms with Crippen LogP contribution in [0.25, 0.3) is 0 Å². The van der Waals surface area contributed by atoms with Crippen LogP contribution < -0.4 is 10.6 Å². The molecule has 1 heterocycles. The van der Waals surface area contributed by atoms with Gasteiger partial charge in [-0.3, -0.25) is 5.32 Å². The third-order valence-corrected chi connectivity index (χ3v) is 2.64. The lowest BCUT2D eigenvalue weighted by Crippen LogP contribution is -2.20. The van der Waals surface area contributed by atoms with Crippen LogP contribution in [0.4, 0.5) is 16.3 Å². The van der Waals surface area contributed by atoms with Gasteiger partial charge < -0.3 is 5.32 Å². The van der Waals surface area contributed by atoms with Crippen LogP contribution in [0.15, 0.2) is 36.5 Å². The Morgan fingerprint density at radius 1 is 0.947 bits per heavy atom. The molecule has 0 atom stereocenters. The van der Waals surface area contributed by atoms with E-state index in [2.05, 4.69) is 21.7 Å². The zero-order chi connectivity index (χ0) is 13.8. The Hall–Kier alpha value is -2.36. The second kappa shape index (κ2) is 5.52. The summed E-state index contributed by atoms with van der Waals surface area (Å²) in [5.74, 6) is 0.543. The van der Waals surface area contributed by atoms with E-state index in [0.717, 1.165) is 22.4 Å². The van der Waals surface area contributed by atoms with Crippen LogP contribution >= 0.6 is 0 Å². The number of rotatable bonds is 2. The number of urea groups is 1. The lowest BCUT2D eigenvalue weighted by molar-refractivity contribution is 0.262. The normalized spacial score (nSPS) is 10.1. The van der Waals surface area contributed by atoms with Crippen LogP contribution in [0.1, 0.15) is 16.7 Å². The van der Waals surface area contributed by atoms with Gasteiger partial charge in [-0.2, -0.15) is 0 Å². The van der Waals surface area contributed by atoms with E-state index in [-0.39, 0.29) is 6.03 Å². The molecule has 4 nitrogen and oxygen atoms in total. The van der Waals surface area contributed by atoms with Crippen LogP contribution in [0.3, 0.4) is 0 Å². The molecule has 0 radical (unpaired) electrons. The average Bonchev–Trinajstić information content (AvgIpc) is 2.26. The van der Waals surface area contributed by atoms with Crippen molar-refractivity contribution in [1.82, 2.24) is 4.98 Å². The van der Waals surface area contributed by atoms with Gasteiger partial charge >= 0.3 is 6.03 Å². The summed E-state index contributed by atoms with van der Waals surface area (Å²) in [7, 11) is 0. The van der Waals surface area contributed by atoms with Crippen molar-refractivity contribution in [1.29, 1.82) is 0 Å². The first-order valence-corrected chi connectivity index (χ1v) is 6.12. The van der Waals surface area contributed by atoms with Gasteiger partial charge in [-0.1, -0.05) is 6.07 Å². The van der Waals surface area contributed by atoms with Crippen molar-refractivity contribution >= 4 is 17.5 Å². The number of pyridine rings is 1. The molecule has 98 valence electrons. The van der Waals surface area contributed by atoms with E-state index >= 15 is 0 Å². The van der Waals surface area contributed by atoms with Gasteiger partial charge in [0.2, 0.25) is 0 Å². The lowest BCUT2D eigenvalue weighted by Gasteiger charge is -2.09. The highest BCUT2D eigenvalue weighted by molar-refractivity contribution is 5.99. The fourth-order valence-corrected chi connectivity index (χ4v) is 1.93. The molecular weight excluding hydrogens is 238 g/mol. The molecule has 0 saturated carbocycles. The number of carbonyl (C=O) groups excluding carboxylic acids is 1. The Balaban J connectivity index is 2.05. The van der Waals surface area contributed by atoms with Gasteiger partial charge in [0.25, 0.3) is 0 Å². The van der Waals surface area contributed by atoms with E-state index in [1.807, 2.05) is 45.0 Å². The molecule has 0 fully saturated rings. The minimum absolute atomic E-state index is 0.289. The molecule has 1 aromatic carbocycles. The third-order valence-electron chi connectivity index (χ3n) is 2.64. The molecule has 0 saturated heterocycles. The zero-order valence-corrected chi connectivity index (χ0v) is 11.3. The van der Waals surface area contributed by atoms with Crippen molar-refractivity contribution in [2.45, 2.75) is 20.8 Å². The molecule has 4 heteroatoms. The number of amides is 2. The highest BCUT2D eigenvalue weighted by Crippen LogP contribution is 2.14. The summed E-state index contributed by atoms with van der Waals surface area (Å²) in [6, 6.07) is 9.33. The summed E-state index contributed by atoms with van der Waals surface area (Å²) in [5.41, 5.74) is 4.06. The molecule has 0 aliphatic carbocycles. The Morgan fingerprint density at radius 2 is 1.63 bits per heavy atom. The summed E-state index contributed by atoms with van der Waals surface area (Å²) in [4.78, 5) is 15.9. The number of anilines is 2. The van der Waals surface area contributed by atoms with Crippen LogP contribution in [0, 0.1) is 20.8 Å². The van der Waals surface area contributed by atoms with Crippen molar-refractivity contribution in [2.75, 3.05) is 10.6 Å². The Labute approximate surface area is 112 Å². The van der Waals surface area contributed by atoms with Crippen LogP contribution in [0.2, 0.25) is 0 Å². The molecule has 0 aliphatic rings. The topological polar surface area (TPSA) is 54.0 Å². The maximum Gasteiger partial charge on any atom is 0.324 e. The summed E-state index contributed by atoms with van der Waals surface area (Å²) in [6.07, 6.45) is 1.67.